The zero-order chi connectivity index (χ0) is 18.2. The Balaban J connectivity index is 2.09. The predicted molar refractivity (Wildman–Crippen MR) is 93.1 cm³/mol. The standard InChI is InChI=1S/C16H14N4O5/c1-2-9-25-14-6-3-12(4-7-14)11-17-18-15-8-5-13(19(21)22)10-16(15)20(23)24/h2-8,10-11,18H,1,9H2/b17-11+. The van der Waals surface area contributed by atoms with E-state index in [0.29, 0.717) is 12.4 Å². The van der Waals surface area contributed by atoms with Gasteiger partial charge in [-0.25, -0.2) is 0 Å². The number of hydrogen-bond donors (Lipinski definition) is 1. The van der Waals surface area contributed by atoms with Gasteiger partial charge in [-0.1, -0.05) is 12.7 Å². The third-order valence-corrected chi connectivity index (χ3v) is 3.04. The molecule has 0 saturated heterocycles. The molecule has 1 N–H and O–H groups in total. The Labute approximate surface area is 142 Å². The highest BCUT2D eigenvalue weighted by Crippen LogP contribution is 2.28. The van der Waals surface area contributed by atoms with E-state index in [9.17, 15) is 20.2 Å². The van der Waals surface area contributed by atoms with Crippen LogP contribution in [0.3, 0.4) is 0 Å². The largest absolute Gasteiger partial charge is 0.490 e. The lowest BCUT2D eigenvalue weighted by Crippen LogP contribution is -1.98. The van der Waals surface area contributed by atoms with Gasteiger partial charge in [0.15, 0.2) is 0 Å². The van der Waals surface area contributed by atoms with E-state index < -0.39 is 15.5 Å². The Morgan fingerprint density at radius 1 is 1.12 bits per heavy atom. The number of anilines is 1. The number of ether oxygens (including phenoxy) is 1. The molecule has 0 bridgehead atoms. The first-order chi connectivity index (χ1) is 12.0. The Hall–Kier alpha value is -3.75. The van der Waals surface area contributed by atoms with Crippen molar-refractivity contribution in [2.24, 2.45) is 5.10 Å². The van der Waals surface area contributed by atoms with Crippen molar-refractivity contribution >= 4 is 23.3 Å². The van der Waals surface area contributed by atoms with Gasteiger partial charge < -0.3 is 4.74 Å². The van der Waals surface area contributed by atoms with Crippen molar-refractivity contribution in [3.05, 3.63) is 80.9 Å². The fourth-order valence-electron chi connectivity index (χ4n) is 1.86. The van der Waals surface area contributed by atoms with Crippen molar-refractivity contribution in [1.82, 2.24) is 0 Å². The van der Waals surface area contributed by atoms with E-state index in [1.807, 2.05) is 0 Å². The summed E-state index contributed by atoms with van der Waals surface area (Å²) in [4.78, 5) is 20.3. The molecule has 2 aromatic rings. The lowest BCUT2D eigenvalue weighted by molar-refractivity contribution is -0.393. The summed E-state index contributed by atoms with van der Waals surface area (Å²) in [5.41, 5.74) is 2.52. The first-order valence-corrected chi connectivity index (χ1v) is 7.07. The minimum Gasteiger partial charge on any atom is -0.490 e. The van der Waals surface area contributed by atoms with Gasteiger partial charge in [0.2, 0.25) is 0 Å². The summed E-state index contributed by atoms with van der Waals surface area (Å²) in [5, 5.41) is 25.6. The second-order valence-corrected chi connectivity index (χ2v) is 4.75. The smallest absolute Gasteiger partial charge is 0.301 e. The molecule has 0 aliphatic heterocycles. The number of nitro benzene ring substituents is 2. The van der Waals surface area contributed by atoms with Gasteiger partial charge in [-0.05, 0) is 35.9 Å². The summed E-state index contributed by atoms with van der Waals surface area (Å²) in [5.74, 6) is 0.677. The molecule has 25 heavy (non-hydrogen) atoms. The number of nitrogens with one attached hydrogen (secondary N) is 1. The summed E-state index contributed by atoms with van der Waals surface area (Å²) < 4.78 is 5.35. The average Bonchev–Trinajstić information content (AvgIpc) is 2.61. The van der Waals surface area contributed by atoms with E-state index in [1.54, 1.807) is 30.3 Å². The quantitative estimate of drug-likeness (QED) is 0.339. The van der Waals surface area contributed by atoms with Gasteiger partial charge in [-0.3, -0.25) is 25.7 Å². The van der Waals surface area contributed by atoms with Crippen LogP contribution in [-0.4, -0.2) is 22.7 Å². The first kappa shape index (κ1) is 17.6. The molecule has 9 heteroatoms. The van der Waals surface area contributed by atoms with Gasteiger partial charge >= 0.3 is 5.69 Å². The van der Waals surface area contributed by atoms with Crippen LogP contribution in [0.5, 0.6) is 5.75 Å². The lowest BCUT2D eigenvalue weighted by Gasteiger charge is -2.03. The van der Waals surface area contributed by atoms with E-state index in [2.05, 4.69) is 17.1 Å². The Morgan fingerprint density at radius 2 is 1.84 bits per heavy atom. The predicted octanol–water partition coefficient (Wildman–Crippen LogP) is 3.51. The topological polar surface area (TPSA) is 120 Å². The van der Waals surface area contributed by atoms with E-state index in [-0.39, 0.29) is 11.4 Å². The highest BCUT2D eigenvalue weighted by atomic mass is 16.6. The van der Waals surface area contributed by atoms with Crippen LogP contribution < -0.4 is 10.2 Å². The molecular weight excluding hydrogens is 328 g/mol. The van der Waals surface area contributed by atoms with Gasteiger partial charge in [0.05, 0.1) is 22.1 Å². The molecule has 0 aromatic heterocycles. The highest BCUT2D eigenvalue weighted by molar-refractivity contribution is 5.80. The van der Waals surface area contributed by atoms with Crippen LogP contribution >= 0.6 is 0 Å². The maximum absolute atomic E-state index is 11.0. The average molecular weight is 342 g/mol. The zero-order valence-electron chi connectivity index (χ0n) is 13.0. The van der Waals surface area contributed by atoms with Crippen LogP contribution in [0.2, 0.25) is 0 Å². The summed E-state index contributed by atoms with van der Waals surface area (Å²) in [7, 11) is 0. The summed E-state index contributed by atoms with van der Waals surface area (Å²) in [6, 6.07) is 10.3. The fraction of sp³-hybridized carbons (Fsp3) is 0.0625. The van der Waals surface area contributed by atoms with Gasteiger partial charge in [-0.2, -0.15) is 5.10 Å². The summed E-state index contributed by atoms with van der Waals surface area (Å²) >= 11 is 0. The van der Waals surface area contributed by atoms with Crippen molar-refractivity contribution in [3.63, 3.8) is 0 Å². The second kappa shape index (κ2) is 8.20. The minimum absolute atomic E-state index is 0.0535. The van der Waals surface area contributed by atoms with Crippen LogP contribution in [0.15, 0.2) is 60.2 Å². The third-order valence-electron chi connectivity index (χ3n) is 3.04. The molecule has 2 rings (SSSR count). The first-order valence-electron chi connectivity index (χ1n) is 7.07. The summed E-state index contributed by atoms with van der Waals surface area (Å²) in [6.07, 6.45) is 3.10. The number of nitrogens with zero attached hydrogens (tertiary/aromatic N) is 3. The number of hydrogen-bond acceptors (Lipinski definition) is 7. The van der Waals surface area contributed by atoms with Crippen LogP contribution in [0.4, 0.5) is 17.1 Å². The SMILES string of the molecule is C=CCOc1ccc(/C=N/Nc2ccc([N+](=O)[O-])cc2[N+](=O)[O-])cc1. The fourth-order valence-corrected chi connectivity index (χ4v) is 1.86. The van der Waals surface area contributed by atoms with Gasteiger partial charge in [0.25, 0.3) is 5.69 Å². The van der Waals surface area contributed by atoms with E-state index in [4.69, 9.17) is 4.74 Å². The van der Waals surface area contributed by atoms with Gasteiger partial charge in [-0.15, -0.1) is 0 Å². The number of hydrazone groups is 1. The van der Waals surface area contributed by atoms with Gasteiger partial charge in [0, 0.05) is 6.07 Å². The Kier molecular flexibility index (Phi) is 5.77. The molecule has 0 aliphatic carbocycles. The van der Waals surface area contributed by atoms with Gasteiger partial charge in [0.1, 0.15) is 18.0 Å². The van der Waals surface area contributed by atoms with Crippen LogP contribution in [-0.2, 0) is 0 Å². The highest BCUT2D eigenvalue weighted by Gasteiger charge is 2.18. The molecule has 0 spiro atoms. The van der Waals surface area contributed by atoms with Crippen molar-refractivity contribution in [3.8, 4) is 5.75 Å². The Morgan fingerprint density at radius 3 is 2.44 bits per heavy atom. The molecule has 9 nitrogen and oxygen atoms in total. The molecule has 0 unspecified atom stereocenters. The monoisotopic (exact) mass is 342 g/mol. The lowest BCUT2D eigenvalue weighted by atomic mass is 10.2. The molecule has 0 radical (unpaired) electrons. The van der Waals surface area contributed by atoms with Crippen molar-refractivity contribution < 1.29 is 14.6 Å². The number of non-ortho nitro benzene ring substituents is 1. The maximum Gasteiger partial charge on any atom is 0.301 e. The number of rotatable bonds is 8. The Bertz CT molecular complexity index is 818. The molecule has 0 fully saturated rings. The van der Waals surface area contributed by atoms with Crippen LogP contribution in [0, 0.1) is 20.2 Å². The molecule has 2 aromatic carbocycles. The number of nitro groups is 2. The second-order valence-electron chi connectivity index (χ2n) is 4.75. The molecule has 128 valence electrons. The van der Waals surface area contributed by atoms with Crippen LogP contribution in [0.1, 0.15) is 5.56 Å². The molecule has 0 saturated carbocycles. The molecule has 0 atom stereocenters. The molecule has 0 heterocycles. The van der Waals surface area contributed by atoms with E-state index in [0.717, 1.165) is 17.7 Å². The van der Waals surface area contributed by atoms with Crippen molar-refractivity contribution in [2.45, 2.75) is 0 Å². The normalized spacial score (nSPS) is 10.4. The number of benzene rings is 2. The maximum atomic E-state index is 11.0. The van der Waals surface area contributed by atoms with Crippen molar-refractivity contribution in [1.29, 1.82) is 0 Å². The van der Waals surface area contributed by atoms with E-state index >= 15 is 0 Å². The summed E-state index contributed by atoms with van der Waals surface area (Å²) in [6.45, 7) is 3.96. The minimum atomic E-state index is -0.712. The van der Waals surface area contributed by atoms with Crippen molar-refractivity contribution in [2.75, 3.05) is 12.0 Å². The molecular formula is C16H14N4O5. The molecule has 0 amide bonds. The van der Waals surface area contributed by atoms with Crippen LogP contribution in [0.25, 0.3) is 0 Å². The third kappa shape index (κ3) is 4.86. The van der Waals surface area contributed by atoms with E-state index in [1.165, 1.54) is 12.3 Å². The zero-order valence-corrected chi connectivity index (χ0v) is 13.0. The molecule has 0 aliphatic rings.